The molecule has 1 nitrogen and oxygen atoms in total. The molecular weight excluding hydrogens is 431 g/mol. The van der Waals surface area contributed by atoms with E-state index in [0.717, 1.165) is 0 Å². The number of hydrogen-bond donors (Lipinski definition) is 0. The molecule has 0 spiro atoms. The minimum absolute atomic E-state index is 0.0650. The van der Waals surface area contributed by atoms with E-state index in [1.807, 2.05) is 30.3 Å². The molecule has 0 aliphatic carbocycles. The third-order valence-corrected chi connectivity index (χ3v) is 1.15. The zero-order valence-electron chi connectivity index (χ0n) is 6.97. The van der Waals surface area contributed by atoms with Gasteiger partial charge in [0.1, 0.15) is 0 Å². The predicted molar refractivity (Wildman–Crippen MR) is 65.2 cm³/mol. The van der Waals surface area contributed by atoms with Crippen LogP contribution in [0.2, 0.25) is 0 Å². The Balaban J connectivity index is 0.000000354. The summed E-state index contributed by atoms with van der Waals surface area (Å²) in [6.45, 7) is 0.709. The van der Waals surface area contributed by atoms with Crippen LogP contribution in [0.1, 0.15) is 5.56 Å². The summed E-state index contributed by atoms with van der Waals surface area (Å²) in [5.74, 6) is 0. The summed E-state index contributed by atoms with van der Waals surface area (Å²) in [4.78, 5) is 0. The van der Waals surface area contributed by atoms with Crippen LogP contribution in [-0.2, 0) is 21.4 Å². The molecule has 0 fully saturated rings. The Morgan fingerprint density at radius 1 is 1.25 bits per heavy atom. The Hall–Kier alpha value is 1.26. The van der Waals surface area contributed by atoms with Gasteiger partial charge in [-0.15, -0.1) is 0 Å². The fraction of sp³-hybridized carbons (Fsp3) is 0.250. The van der Waals surface area contributed by atoms with Gasteiger partial charge in [0.25, 0.3) is 0 Å². The molecule has 0 saturated carbocycles. The Kier molecular flexibility index (Phi) is 11.4. The maximum absolute atomic E-state index is 4.93. The van der Waals surface area contributed by atoms with Gasteiger partial charge in [0.15, 0.2) is 0 Å². The number of halogens is 2. The second-order valence-corrected chi connectivity index (χ2v) is 25.5. The van der Waals surface area contributed by atoms with Crippen LogP contribution in [-0.4, -0.2) is 7.11 Å². The number of hydrogen-bond acceptors (Lipinski definition) is 1. The van der Waals surface area contributed by atoms with Gasteiger partial charge in [-0.2, -0.15) is 0 Å². The van der Waals surface area contributed by atoms with Crippen molar-refractivity contribution in [1.29, 1.82) is 0 Å². The fourth-order valence-corrected chi connectivity index (χ4v) is 0.741. The average Bonchev–Trinajstić information content (AvgIpc) is 2.08. The number of methoxy groups -OCH3 is 1. The molecule has 0 bridgehead atoms. The van der Waals surface area contributed by atoms with Gasteiger partial charge in [-0.25, -0.2) is 0 Å². The molecule has 64 valence electrons. The number of ether oxygens (including phenoxy) is 1. The molecule has 4 heteroatoms. The first-order valence-corrected chi connectivity index (χ1v) is 21.6. The summed E-state index contributed by atoms with van der Waals surface area (Å²) in [6.07, 6.45) is 0. The van der Waals surface area contributed by atoms with E-state index >= 15 is 0 Å². The molecule has 12 heavy (non-hydrogen) atoms. The molecule has 0 saturated heterocycles. The summed E-state index contributed by atoms with van der Waals surface area (Å²) in [5, 5.41) is 0. The molecule has 0 N–H and O–H groups in total. The Morgan fingerprint density at radius 2 is 1.75 bits per heavy atom. The molecule has 1 rings (SSSR count). The van der Waals surface area contributed by atoms with Crippen molar-refractivity contribution in [3.8, 4) is 0 Å². The average molecular weight is 441 g/mol. The van der Waals surface area contributed by atoms with E-state index in [4.69, 9.17) is 4.74 Å². The van der Waals surface area contributed by atoms with Crippen LogP contribution in [0.4, 0.5) is 0 Å². The molecule has 0 aromatic heterocycles. The van der Waals surface area contributed by atoms with Crippen LogP contribution in [0.25, 0.3) is 0 Å². The monoisotopic (exact) mass is 440 g/mol. The Morgan fingerprint density at radius 3 is 2.17 bits per heavy atom. The molecule has 0 aliphatic rings. The molecule has 0 unspecified atom stereocenters. The van der Waals surface area contributed by atoms with E-state index < -0.39 is 0 Å². The third-order valence-electron chi connectivity index (χ3n) is 1.15. The zero-order valence-corrected chi connectivity index (χ0v) is 14.2. The van der Waals surface area contributed by atoms with Crippen molar-refractivity contribution in [1.82, 2.24) is 0 Å². The molecule has 0 amide bonds. The standard InChI is InChI=1S/C8H10O.2HI.Zn/c1-9-7-8-5-3-2-4-6-8;;;/h2-6H,7H2,1H3;2*1H;/q;;;+2/p-2. The van der Waals surface area contributed by atoms with Crippen LogP contribution >= 0.6 is 39.5 Å². The van der Waals surface area contributed by atoms with Crippen LogP contribution < -0.4 is 0 Å². The van der Waals surface area contributed by atoms with Crippen molar-refractivity contribution in [2.75, 3.05) is 7.11 Å². The van der Waals surface area contributed by atoms with Gasteiger partial charge in [-0.3, -0.25) is 0 Å². The van der Waals surface area contributed by atoms with Crippen LogP contribution in [0, 0.1) is 0 Å². The van der Waals surface area contributed by atoms with Gasteiger partial charge in [0.2, 0.25) is 0 Å². The topological polar surface area (TPSA) is 9.23 Å². The van der Waals surface area contributed by atoms with Gasteiger partial charge in [-0.1, -0.05) is 30.3 Å². The van der Waals surface area contributed by atoms with E-state index in [9.17, 15) is 0 Å². The van der Waals surface area contributed by atoms with Gasteiger partial charge >= 0.3 is 49.6 Å². The van der Waals surface area contributed by atoms with Crippen molar-refractivity contribution in [3.63, 3.8) is 0 Å². The summed E-state index contributed by atoms with van der Waals surface area (Å²) >= 11 is 4.93. The molecular formula is C8H10I2OZn. The summed E-state index contributed by atoms with van der Waals surface area (Å²) < 4.78 is 4.93. The van der Waals surface area contributed by atoms with Gasteiger partial charge in [-0.05, 0) is 5.56 Å². The fourth-order valence-electron chi connectivity index (χ4n) is 0.741. The van der Waals surface area contributed by atoms with E-state index in [2.05, 4.69) is 39.5 Å². The predicted octanol–water partition coefficient (Wildman–Crippen LogP) is 3.60. The second-order valence-electron chi connectivity index (χ2n) is 2.02. The SMILES string of the molecule is COCc1ccccc1.[I][Zn][I]. The van der Waals surface area contributed by atoms with Crippen molar-refractivity contribution >= 4 is 39.5 Å². The molecule has 1 aromatic carbocycles. The molecule has 0 heterocycles. The first kappa shape index (κ1) is 13.3. The van der Waals surface area contributed by atoms with Crippen molar-refractivity contribution < 1.29 is 14.8 Å². The summed E-state index contributed by atoms with van der Waals surface area (Å²) in [5.41, 5.74) is 1.22. The number of benzene rings is 1. The van der Waals surface area contributed by atoms with E-state index in [1.165, 1.54) is 5.56 Å². The first-order valence-electron chi connectivity index (χ1n) is 3.50. The Labute approximate surface area is 103 Å². The van der Waals surface area contributed by atoms with Crippen LogP contribution in [0.15, 0.2) is 30.3 Å². The number of rotatable bonds is 2. The van der Waals surface area contributed by atoms with Crippen molar-refractivity contribution in [3.05, 3.63) is 35.9 Å². The van der Waals surface area contributed by atoms with E-state index in [0.29, 0.717) is 6.61 Å². The summed E-state index contributed by atoms with van der Waals surface area (Å²) in [7, 11) is 1.77. The molecule has 0 radical (unpaired) electrons. The zero-order chi connectivity index (χ0) is 9.23. The molecule has 0 aliphatic heterocycles. The summed E-state index contributed by atoms with van der Waals surface area (Å²) in [6, 6.07) is 10.1. The van der Waals surface area contributed by atoms with Gasteiger partial charge < -0.3 is 4.74 Å². The van der Waals surface area contributed by atoms with Gasteiger partial charge in [0, 0.05) is 7.11 Å². The quantitative estimate of drug-likeness (QED) is 0.504. The van der Waals surface area contributed by atoms with E-state index in [-0.39, 0.29) is 10.1 Å². The Bertz CT molecular complexity index is 182. The van der Waals surface area contributed by atoms with E-state index in [1.54, 1.807) is 7.11 Å². The van der Waals surface area contributed by atoms with Crippen molar-refractivity contribution in [2.45, 2.75) is 6.61 Å². The maximum atomic E-state index is 4.93. The first-order chi connectivity index (χ1) is 5.85. The van der Waals surface area contributed by atoms with Gasteiger partial charge in [0.05, 0.1) is 6.61 Å². The minimum atomic E-state index is 0.0650. The molecule has 0 atom stereocenters. The second kappa shape index (κ2) is 10.3. The van der Waals surface area contributed by atoms with Crippen LogP contribution in [0.3, 0.4) is 0 Å². The normalized spacial score (nSPS) is 7.92. The van der Waals surface area contributed by atoms with Crippen LogP contribution in [0.5, 0.6) is 0 Å². The van der Waals surface area contributed by atoms with Crippen molar-refractivity contribution in [2.24, 2.45) is 0 Å². The third kappa shape index (κ3) is 7.89. The molecule has 1 aromatic rings.